The van der Waals surface area contributed by atoms with E-state index in [-0.39, 0.29) is 5.78 Å². The van der Waals surface area contributed by atoms with Gasteiger partial charge in [0.25, 0.3) is 0 Å². The van der Waals surface area contributed by atoms with Crippen molar-refractivity contribution >= 4 is 5.78 Å². The zero-order valence-corrected chi connectivity index (χ0v) is 10.5. The van der Waals surface area contributed by atoms with E-state index in [0.717, 1.165) is 5.69 Å². The number of hydrogen-bond acceptors (Lipinski definition) is 3. The standard InChI is InChI=1S/C15H15NO2/c1-3-18-14-9-5-4-7-13(14)15(17)12-8-6-10-16-11(12)2/h4-10H,3H2,1-2H3. The predicted molar refractivity (Wildman–Crippen MR) is 70.0 cm³/mol. The van der Waals surface area contributed by atoms with Gasteiger partial charge in [0.1, 0.15) is 5.75 Å². The number of carbonyl (C=O) groups is 1. The Bertz CT molecular complexity index is 564. The van der Waals surface area contributed by atoms with Gasteiger partial charge >= 0.3 is 0 Å². The van der Waals surface area contributed by atoms with Crippen LogP contribution in [0.3, 0.4) is 0 Å². The summed E-state index contributed by atoms with van der Waals surface area (Å²) in [4.78, 5) is 16.6. The molecule has 92 valence electrons. The van der Waals surface area contributed by atoms with Gasteiger partial charge in [0.05, 0.1) is 12.2 Å². The highest BCUT2D eigenvalue weighted by Crippen LogP contribution is 2.22. The lowest BCUT2D eigenvalue weighted by Gasteiger charge is -2.09. The van der Waals surface area contributed by atoms with Crippen LogP contribution in [-0.2, 0) is 0 Å². The molecule has 0 atom stereocenters. The van der Waals surface area contributed by atoms with E-state index in [0.29, 0.717) is 23.5 Å². The van der Waals surface area contributed by atoms with Gasteiger partial charge in [-0.2, -0.15) is 0 Å². The van der Waals surface area contributed by atoms with E-state index in [1.807, 2.05) is 32.0 Å². The molecule has 0 amide bonds. The lowest BCUT2D eigenvalue weighted by atomic mass is 10.0. The number of ketones is 1. The van der Waals surface area contributed by atoms with Crippen LogP contribution in [0.1, 0.15) is 28.5 Å². The van der Waals surface area contributed by atoms with E-state index in [4.69, 9.17) is 4.74 Å². The molecule has 3 heteroatoms. The molecule has 0 aliphatic rings. The quantitative estimate of drug-likeness (QED) is 0.772. The van der Waals surface area contributed by atoms with Crippen LogP contribution >= 0.6 is 0 Å². The third kappa shape index (κ3) is 2.40. The minimum atomic E-state index is -0.0512. The third-order valence-electron chi connectivity index (χ3n) is 2.68. The summed E-state index contributed by atoms with van der Waals surface area (Å²) in [6.07, 6.45) is 1.68. The molecule has 0 N–H and O–H groups in total. The normalized spacial score (nSPS) is 10.1. The third-order valence-corrected chi connectivity index (χ3v) is 2.68. The molecule has 0 saturated carbocycles. The summed E-state index contributed by atoms with van der Waals surface area (Å²) in [6.45, 7) is 4.27. The fraction of sp³-hybridized carbons (Fsp3) is 0.200. The Morgan fingerprint density at radius 1 is 1.17 bits per heavy atom. The molecule has 0 spiro atoms. The maximum absolute atomic E-state index is 12.4. The molecule has 18 heavy (non-hydrogen) atoms. The van der Waals surface area contributed by atoms with Crippen molar-refractivity contribution < 1.29 is 9.53 Å². The molecule has 1 aromatic heterocycles. The number of carbonyl (C=O) groups excluding carboxylic acids is 1. The van der Waals surface area contributed by atoms with Crippen LogP contribution in [0, 0.1) is 6.92 Å². The van der Waals surface area contributed by atoms with Gasteiger partial charge in [-0.15, -0.1) is 0 Å². The van der Waals surface area contributed by atoms with Crippen molar-refractivity contribution in [3.63, 3.8) is 0 Å². The number of aryl methyl sites for hydroxylation is 1. The number of rotatable bonds is 4. The molecule has 0 aliphatic carbocycles. The van der Waals surface area contributed by atoms with Gasteiger partial charge in [0.2, 0.25) is 0 Å². The number of aromatic nitrogens is 1. The smallest absolute Gasteiger partial charge is 0.198 e. The van der Waals surface area contributed by atoms with Crippen LogP contribution < -0.4 is 4.74 Å². The Hall–Kier alpha value is -2.16. The molecule has 2 aromatic rings. The number of ether oxygens (including phenoxy) is 1. The van der Waals surface area contributed by atoms with E-state index in [1.54, 1.807) is 24.4 Å². The number of pyridine rings is 1. The SMILES string of the molecule is CCOc1ccccc1C(=O)c1cccnc1C. The number of nitrogens with zero attached hydrogens (tertiary/aromatic N) is 1. The van der Waals surface area contributed by atoms with Crippen molar-refractivity contribution in [2.24, 2.45) is 0 Å². The van der Waals surface area contributed by atoms with Gasteiger partial charge in [-0.1, -0.05) is 12.1 Å². The molecule has 2 rings (SSSR count). The van der Waals surface area contributed by atoms with Gasteiger partial charge in [-0.05, 0) is 38.1 Å². The van der Waals surface area contributed by atoms with Crippen LogP contribution in [0.15, 0.2) is 42.6 Å². The Labute approximate surface area is 106 Å². The van der Waals surface area contributed by atoms with Gasteiger partial charge in [0.15, 0.2) is 5.78 Å². The van der Waals surface area contributed by atoms with Crippen LogP contribution in [-0.4, -0.2) is 17.4 Å². The zero-order valence-electron chi connectivity index (χ0n) is 10.5. The van der Waals surface area contributed by atoms with E-state index in [1.165, 1.54) is 0 Å². The van der Waals surface area contributed by atoms with Crippen molar-refractivity contribution in [2.75, 3.05) is 6.61 Å². The lowest BCUT2D eigenvalue weighted by Crippen LogP contribution is -2.07. The maximum Gasteiger partial charge on any atom is 0.198 e. The molecular formula is C15H15NO2. The highest BCUT2D eigenvalue weighted by atomic mass is 16.5. The molecule has 0 saturated heterocycles. The second-order valence-electron chi connectivity index (χ2n) is 3.89. The Kier molecular flexibility index (Phi) is 3.72. The molecule has 0 unspecified atom stereocenters. The monoisotopic (exact) mass is 241 g/mol. The summed E-state index contributed by atoms with van der Waals surface area (Å²) in [5.41, 5.74) is 1.92. The largest absolute Gasteiger partial charge is 0.493 e. The van der Waals surface area contributed by atoms with Gasteiger partial charge in [-0.25, -0.2) is 0 Å². The van der Waals surface area contributed by atoms with E-state index in [2.05, 4.69) is 4.98 Å². The first-order valence-corrected chi connectivity index (χ1v) is 5.92. The summed E-state index contributed by atoms with van der Waals surface area (Å²) < 4.78 is 5.48. The Balaban J connectivity index is 2.43. The Morgan fingerprint density at radius 2 is 1.89 bits per heavy atom. The van der Waals surface area contributed by atoms with Gasteiger partial charge < -0.3 is 4.74 Å². The average molecular weight is 241 g/mol. The van der Waals surface area contributed by atoms with Crippen LogP contribution in [0.25, 0.3) is 0 Å². The van der Waals surface area contributed by atoms with Crippen molar-refractivity contribution in [2.45, 2.75) is 13.8 Å². The fourth-order valence-electron chi connectivity index (χ4n) is 1.80. The van der Waals surface area contributed by atoms with Crippen LogP contribution in [0.5, 0.6) is 5.75 Å². The van der Waals surface area contributed by atoms with Crippen LogP contribution in [0.2, 0.25) is 0 Å². The molecule has 0 radical (unpaired) electrons. The van der Waals surface area contributed by atoms with Crippen molar-refractivity contribution in [1.82, 2.24) is 4.98 Å². The predicted octanol–water partition coefficient (Wildman–Crippen LogP) is 3.02. The second kappa shape index (κ2) is 5.45. The number of hydrogen-bond donors (Lipinski definition) is 0. The second-order valence-corrected chi connectivity index (χ2v) is 3.89. The molecule has 0 bridgehead atoms. The highest BCUT2D eigenvalue weighted by molar-refractivity contribution is 6.11. The summed E-state index contributed by atoms with van der Waals surface area (Å²) in [5, 5.41) is 0. The average Bonchev–Trinajstić information content (AvgIpc) is 2.40. The van der Waals surface area contributed by atoms with E-state index in [9.17, 15) is 4.79 Å². The van der Waals surface area contributed by atoms with Gasteiger partial charge in [-0.3, -0.25) is 9.78 Å². The first-order valence-electron chi connectivity index (χ1n) is 5.92. The fourth-order valence-corrected chi connectivity index (χ4v) is 1.80. The molecule has 1 heterocycles. The van der Waals surface area contributed by atoms with E-state index >= 15 is 0 Å². The molecule has 1 aromatic carbocycles. The van der Waals surface area contributed by atoms with Crippen molar-refractivity contribution in [3.05, 3.63) is 59.4 Å². The molecular weight excluding hydrogens is 226 g/mol. The zero-order chi connectivity index (χ0) is 13.0. The number of para-hydroxylation sites is 1. The molecule has 0 aliphatic heterocycles. The topological polar surface area (TPSA) is 39.2 Å². The van der Waals surface area contributed by atoms with E-state index < -0.39 is 0 Å². The minimum absolute atomic E-state index is 0.0512. The molecule has 0 fully saturated rings. The summed E-state index contributed by atoms with van der Waals surface area (Å²) in [7, 11) is 0. The summed E-state index contributed by atoms with van der Waals surface area (Å²) in [6, 6.07) is 10.8. The first kappa shape index (κ1) is 12.3. The maximum atomic E-state index is 12.4. The first-order chi connectivity index (χ1) is 8.74. The van der Waals surface area contributed by atoms with Crippen LogP contribution in [0.4, 0.5) is 0 Å². The highest BCUT2D eigenvalue weighted by Gasteiger charge is 2.16. The summed E-state index contributed by atoms with van der Waals surface area (Å²) >= 11 is 0. The summed E-state index contributed by atoms with van der Waals surface area (Å²) in [5.74, 6) is 0.568. The molecule has 3 nitrogen and oxygen atoms in total. The Morgan fingerprint density at radius 3 is 2.61 bits per heavy atom. The lowest BCUT2D eigenvalue weighted by molar-refractivity contribution is 0.103. The van der Waals surface area contributed by atoms with Gasteiger partial charge in [0, 0.05) is 17.5 Å². The van der Waals surface area contributed by atoms with Crippen molar-refractivity contribution in [3.8, 4) is 5.75 Å². The number of benzene rings is 1. The van der Waals surface area contributed by atoms with Crippen molar-refractivity contribution in [1.29, 1.82) is 0 Å². The minimum Gasteiger partial charge on any atom is -0.493 e.